The van der Waals surface area contributed by atoms with E-state index in [-0.39, 0.29) is 0 Å². The topological polar surface area (TPSA) is 21.3 Å². The van der Waals surface area contributed by atoms with Crippen LogP contribution in [0.2, 0.25) is 0 Å². The summed E-state index contributed by atoms with van der Waals surface area (Å²) >= 11 is 0. The Labute approximate surface area is 100 Å². The second kappa shape index (κ2) is 8.77. The normalized spacial score (nSPS) is 19.0. The number of likely N-dealkylation sites (N-methyl/N-ethyl adjacent to an activating group) is 1. The number of hydrogen-bond donors (Lipinski definition) is 1. The standard InChI is InChI=1S/C14H27NO/c1-3-11-16-12-10-14(15-2)13-8-6-4-5-7-9-13/h8,14-15H,3-7,9-12H2,1-2H3. The van der Waals surface area contributed by atoms with Crippen molar-refractivity contribution in [3.8, 4) is 0 Å². The molecular formula is C14H27NO. The summed E-state index contributed by atoms with van der Waals surface area (Å²) in [4.78, 5) is 0. The maximum atomic E-state index is 5.57. The molecule has 0 spiro atoms. The van der Waals surface area contributed by atoms with Crippen LogP contribution in [0.25, 0.3) is 0 Å². The third kappa shape index (κ3) is 5.13. The zero-order chi connectivity index (χ0) is 11.6. The Morgan fingerprint density at radius 2 is 2.19 bits per heavy atom. The van der Waals surface area contributed by atoms with Crippen LogP contribution in [0.3, 0.4) is 0 Å². The molecule has 0 bridgehead atoms. The largest absolute Gasteiger partial charge is 0.381 e. The van der Waals surface area contributed by atoms with Gasteiger partial charge in [0.1, 0.15) is 0 Å². The van der Waals surface area contributed by atoms with Gasteiger partial charge >= 0.3 is 0 Å². The van der Waals surface area contributed by atoms with Gasteiger partial charge in [-0.3, -0.25) is 0 Å². The van der Waals surface area contributed by atoms with Gasteiger partial charge in [-0.1, -0.05) is 25.0 Å². The summed E-state index contributed by atoms with van der Waals surface area (Å²) in [7, 11) is 2.07. The third-order valence-corrected chi connectivity index (χ3v) is 3.27. The van der Waals surface area contributed by atoms with Crippen molar-refractivity contribution in [3.05, 3.63) is 11.6 Å². The fourth-order valence-electron chi connectivity index (χ4n) is 2.32. The van der Waals surface area contributed by atoms with Gasteiger partial charge in [0, 0.05) is 19.3 Å². The van der Waals surface area contributed by atoms with E-state index in [9.17, 15) is 0 Å². The molecule has 0 saturated heterocycles. The van der Waals surface area contributed by atoms with Gasteiger partial charge in [0.15, 0.2) is 0 Å². The summed E-state index contributed by atoms with van der Waals surface area (Å²) in [6.45, 7) is 3.94. The first-order chi connectivity index (χ1) is 7.88. The Hall–Kier alpha value is -0.340. The summed E-state index contributed by atoms with van der Waals surface area (Å²) in [5, 5.41) is 3.43. The molecule has 1 unspecified atom stereocenters. The summed E-state index contributed by atoms with van der Waals surface area (Å²) in [5.74, 6) is 0. The summed E-state index contributed by atoms with van der Waals surface area (Å²) in [6, 6.07) is 0.537. The maximum absolute atomic E-state index is 5.57. The molecule has 1 rings (SSSR count). The first kappa shape index (κ1) is 13.7. The molecule has 0 aromatic rings. The Balaban J connectivity index is 2.30. The molecule has 1 aliphatic rings. The van der Waals surface area contributed by atoms with Crippen molar-refractivity contribution in [2.45, 2.75) is 57.9 Å². The van der Waals surface area contributed by atoms with Gasteiger partial charge in [-0.15, -0.1) is 0 Å². The monoisotopic (exact) mass is 225 g/mol. The zero-order valence-electron chi connectivity index (χ0n) is 10.9. The van der Waals surface area contributed by atoms with Crippen LogP contribution in [0, 0.1) is 0 Å². The highest BCUT2D eigenvalue weighted by molar-refractivity contribution is 5.11. The first-order valence-corrected chi connectivity index (χ1v) is 6.82. The van der Waals surface area contributed by atoms with Crippen molar-refractivity contribution in [1.82, 2.24) is 5.32 Å². The maximum Gasteiger partial charge on any atom is 0.0484 e. The van der Waals surface area contributed by atoms with Crippen LogP contribution in [-0.4, -0.2) is 26.3 Å². The molecule has 16 heavy (non-hydrogen) atoms. The average molecular weight is 225 g/mol. The van der Waals surface area contributed by atoms with E-state index in [0.717, 1.165) is 26.1 Å². The zero-order valence-corrected chi connectivity index (χ0v) is 10.9. The molecule has 0 heterocycles. The third-order valence-electron chi connectivity index (χ3n) is 3.27. The molecular weight excluding hydrogens is 198 g/mol. The Morgan fingerprint density at radius 1 is 1.31 bits per heavy atom. The molecule has 0 aromatic heterocycles. The molecule has 0 fully saturated rings. The van der Waals surface area contributed by atoms with E-state index in [2.05, 4.69) is 25.4 Å². The van der Waals surface area contributed by atoms with Gasteiger partial charge in [-0.2, -0.15) is 0 Å². The van der Waals surface area contributed by atoms with E-state index in [0.29, 0.717) is 6.04 Å². The van der Waals surface area contributed by atoms with Crippen LogP contribution in [0.1, 0.15) is 51.9 Å². The SMILES string of the molecule is CCCOCCC(NC)C1=CCCCCC1. The van der Waals surface area contributed by atoms with Gasteiger partial charge in [0.05, 0.1) is 0 Å². The predicted octanol–water partition coefficient (Wildman–Crippen LogP) is 3.28. The smallest absolute Gasteiger partial charge is 0.0484 e. The lowest BCUT2D eigenvalue weighted by Crippen LogP contribution is -2.29. The minimum atomic E-state index is 0.537. The summed E-state index contributed by atoms with van der Waals surface area (Å²) < 4.78 is 5.57. The number of hydrogen-bond acceptors (Lipinski definition) is 2. The van der Waals surface area contributed by atoms with E-state index in [1.54, 1.807) is 5.57 Å². The number of nitrogens with one attached hydrogen (secondary N) is 1. The summed E-state index contributed by atoms with van der Waals surface area (Å²) in [6.07, 6.45) is 11.3. The second-order valence-electron chi connectivity index (χ2n) is 4.62. The molecule has 0 amide bonds. The molecule has 0 aliphatic heterocycles. The van der Waals surface area contributed by atoms with Gasteiger partial charge in [0.25, 0.3) is 0 Å². The van der Waals surface area contributed by atoms with Gasteiger partial charge in [-0.05, 0) is 45.6 Å². The highest BCUT2D eigenvalue weighted by atomic mass is 16.5. The van der Waals surface area contributed by atoms with Crippen LogP contribution in [0.15, 0.2) is 11.6 Å². The van der Waals surface area contributed by atoms with Gasteiger partial charge < -0.3 is 10.1 Å². The van der Waals surface area contributed by atoms with Crippen LogP contribution < -0.4 is 5.32 Å². The van der Waals surface area contributed by atoms with E-state index < -0.39 is 0 Å². The Kier molecular flexibility index (Phi) is 7.52. The summed E-state index contributed by atoms with van der Waals surface area (Å²) in [5.41, 5.74) is 1.61. The lowest BCUT2D eigenvalue weighted by Gasteiger charge is -2.19. The molecule has 2 nitrogen and oxygen atoms in total. The first-order valence-electron chi connectivity index (χ1n) is 6.82. The van der Waals surface area contributed by atoms with E-state index in [1.165, 1.54) is 32.1 Å². The molecule has 1 N–H and O–H groups in total. The van der Waals surface area contributed by atoms with Gasteiger partial charge in [0.2, 0.25) is 0 Å². The van der Waals surface area contributed by atoms with E-state index in [4.69, 9.17) is 4.74 Å². The number of allylic oxidation sites excluding steroid dienone is 1. The van der Waals surface area contributed by atoms with Crippen LogP contribution in [-0.2, 0) is 4.74 Å². The minimum absolute atomic E-state index is 0.537. The van der Waals surface area contributed by atoms with Crippen molar-refractivity contribution < 1.29 is 4.74 Å². The minimum Gasteiger partial charge on any atom is -0.381 e. The molecule has 0 radical (unpaired) electrons. The fraction of sp³-hybridized carbons (Fsp3) is 0.857. The van der Waals surface area contributed by atoms with Crippen LogP contribution in [0.5, 0.6) is 0 Å². The van der Waals surface area contributed by atoms with E-state index in [1.807, 2.05) is 0 Å². The average Bonchev–Trinajstić information content (AvgIpc) is 2.58. The van der Waals surface area contributed by atoms with Crippen molar-refractivity contribution in [2.75, 3.05) is 20.3 Å². The van der Waals surface area contributed by atoms with Crippen LogP contribution >= 0.6 is 0 Å². The number of rotatable bonds is 7. The lowest BCUT2D eigenvalue weighted by atomic mass is 10.00. The van der Waals surface area contributed by atoms with Gasteiger partial charge in [-0.25, -0.2) is 0 Å². The van der Waals surface area contributed by atoms with Crippen LogP contribution in [0.4, 0.5) is 0 Å². The van der Waals surface area contributed by atoms with Crippen molar-refractivity contribution >= 4 is 0 Å². The van der Waals surface area contributed by atoms with Crippen molar-refractivity contribution in [3.63, 3.8) is 0 Å². The van der Waals surface area contributed by atoms with E-state index >= 15 is 0 Å². The molecule has 0 saturated carbocycles. The molecule has 1 atom stereocenters. The highest BCUT2D eigenvalue weighted by Gasteiger charge is 2.13. The Morgan fingerprint density at radius 3 is 2.94 bits per heavy atom. The van der Waals surface area contributed by atoms with Crippen molar-refractivity contribution in [1.29, 1.82) is 0 Å². The Bertz CT molecular complexity index is 201. The molecule has 2 heteroatoms. The molecule has 94 valence electrons. The predicted molar refractivity (Wildman–Crippen MR) is 69.7 cm³/mol. The quantitative estimate of drug-likeness (QED) is 0.530. The fourth-order valence-corrected chi connectivity index (χ4v) is 2.32. The number of ether oxygens (including phenoxy) is 1. The highest BCUT2D eigenvalue weighted by Crippen LogP contribution is 2.21. The lowest BCUT2D eigenvalue weighted by molar-refractivity contribution is 0.127. The molecule has 1 aliphatic carbocycles. The molecule has 0 aromatic carbocycles. The second-order valence-corrected chi connectivity index (χ2v) is 4.62. The van der Waals surface area contributed by atoms with Crippen molar-refractivity contribution in [2.24, 2.45) is 0 Å².